The molecule has 0 bridgehead atoms. The zero-order valence-electron chi connectivity index (χ0n) is 11.3. The Labute approximate surface area is 116 Å². The summed E-state index contributed by atoms with van der Waals surface area (Å²) >= 11 is 0. The topological polar surface area (TPSA) is 86.7 Å². The molecule has 0 saturated heterocycles. The number of anilines is 1. The Bertz CT molecular complexity index is 583. The van der Waals surface area contributed by atoms with Crippen LogP contribution in [-0.2, 0) is 11.3 Å². The highest BCUT2D eigenvalue weighted by Crippen LogP contribution is 2.25. The number of carbonyl (C=O) groups is 3. The molecule has 0 saturated carbocycles. The van der Waals surface area contributed by atoms with Crippen LogP contribution in [0.3, 0.4) is 0 Å². The summed E-state index contributed by atoms with van der Waals surface area (Å²) in [7, 11) is 1.67. The number of fused-ring (bicyclic) bond motifs is 1. The highest BCUT2D eigenvalue weighted by molar-refractivity contribution is 6.00. The molecule has 2 N–H and O–H groups in total. The van der Waals surface area contributed by atoms with Gasteiger partial charge in [0.15, 0.2) is 5.78 Å². The van der Waals surface area contributed by atoms with Gasteiger partial charge in [-0.05, 0) is 23.8 Å². The summed E-state index contributed by atoms with van der Waals surface area (Å²) in [4.78, 5) is 35.8. The fourth-order valence-electron chi connectivity index (χ4n) is 2.18. The smallest absolute Gasteiger partial charge is 0.321 e. The van der Waals surface area contributed by atoms with E-state index in [4.69, 9.17) is 5.11 Å². The third kappa shape index (κ3) is 2.79. The second-order valence-corrected chi connectivity index (χ2v) is 5.02. The third-order valence-corrected chi connectivity index (χ3v) is 3.31. The molecule has 0 aromatic heterocycles. The van der Waals surface area contributed by atoms with Gasteiger partial charge >= 0.3 is 12.0 Å². The van der Waals surface area contributed by atoms with E-state index < -0.39 is 11.9 Å². The second-order valence-electron chi connectivity index (χ2n) is 5.02. The molecule has 1 aliphatic heterocycles. The number of benzene rings is 1. The van der Waals surface area contributed by atoms with Crippen LogP contribution in [0.15, 0.2) is 18.2 Å². The van der Waals surface area contributed by atoms with Crippen molar-refractivity contribution in [1.29, 1.82) is 0 Å². The zero-order chi connectivity index (χ0) is 14.9. The van der Waals surface area contributed by atoms with Crippen molar-refractivity contribution in [3.8, 4) is 0 Å². The fourth-order valence-corrected chi connectivity index (χ4v) is 2.18. The maximum Gasteiger partial charge on any atom is 0.321 e. The van der Waals surface area contributed by atoms with E-state index >= 15 is 0 Å². The largest absolute Gasteiger partial charge is 0.481 e. The van der Waals surface area contributed by atoms with E-state index in [9.17, 15) is 14.4 Å². The van der Waals surface area contributed by atoms with Crippen LogP contribution in [0.2, 0.25) is 0 Å². The first-order chi connectivity index (χ1) is 9.38. The first-order valence-electron chi connectivity index (χ1n) is 6.29. The molecule has 0 spiro atoms. The Morgan fingerprint density at radius 1 is 1.45 bits per heavy atom. The minimum atomic E-state index is -0.990. The molecule has 1 aromatic rings. The summed E-state index contributed by atoms with van der Waals surface area (Å²) < 4.78 is 0. The van der Waals surface area contributed by atoms with Gasteiger partial charge in [-0.15, -0.1) is 0 Å². The number of aliphatic carboxylic acids is 1. The van der Waals surface area contributed by atoms with Crippen molar-refractivity contribution in [1.82, 2.24) is 4.90 Å². The molecule has 2 amide bonds. The van der Waals surface area contributed by atoms with Gasteiger partial charge in [0, 0.05) is 30.8 Å². The van der Waals surface area contributed by atoms with Gasteiger partial charge in [0.25, 0.3) is 0 Å². The molecule has 106 valence electrons. The second kappa shape index (κ2) is 5.32. The number of nitrogens with zero attached hydrogens (tertiary/aromatic N) is 1. The fraction of sp³-hybridized carbons (Fsp3) is 0.357. The number of carboxylic acid groups (broad SMARTS) is 1. The number of carbonyl (C=O) groups excluding carboxylic acids is 2. The van der Waals surface area contributed by atoms with Crippen molar-refractivity contribution in [3.63, 3.8) is 0 Å². The maximum atomic E-state index is 12.1. The molecule has 6 heteroatoms. The van der Waals surface area contributed by atoms with Gasteiger partial charge in [0.2, 0.25) is 0 Å². The lowest BCUT2D eigenvalue weighted by molar-refractivity contribution is -0.137. The highest BCUT2D eigenvalue weighted by atomic mass is 16.4. The molecule has 1 atom stereocenters. The van der Waals surface area contributed by atoms with Crippen molar-refractivity contribution in [2.45, 2.75) is 19.9 Å². The predicted octanol–water partition coefficient (Wildman–Crippen LogP) is 1.96. The van der Waals surface area contributed by atoms with Crippen molar-refractivity contribution in [2.24, 2.45) is 5.92 Å². The lowest BCUT2D eigenvalue weighted by Gasteiger charge is -2.26. The molecule has 0 fully saturated rings. The van der Waals surface area contributed by atoms with Gasteiger partial charge < -0.3 is 15.3 Å². The highest BCUT2D eigenvalue weighted by Gasteiger charge is 2.23. The number of amides is 2. The molecule has 0 aliphatic carbocycles. The Morgan fingerprint density at radius 3 is 2.80 bits per heavy atom. The zero-order valence-corrected chi connectivity index (χ0v) is 11.3. The van der Waals surface area contributed by atoms with Gasteiger partial charge in [0.1, 0.15) is 0 Å². The van der Waals surface area contributed by atoms with Crippen molar-refractivity contribution < 1.29 is 19.5 Å². The molecule has 20 heavy (non-hydrogen) atoms. The van der Waals surface area contributed by atoms with Gasteiger partial charge in [-0.2, -0.15) is 0 Å². The summed E-state index contributed by atoms with van der Waals surface area (Å²) in [6.07, 6.45) is -0.188. The van der Waals surface area contributed by atoms with Gasteiger partial charge in [0.05, 0.1) is 6.42 Å². The standard InChI is InChI=1S/C14H16N2O4/c1-8(5-12(17)18)13(19)9-3-4-11-10(6-9)7-16(2)14(20)15-11/h3-4,6,8H,5,7H2,1-2H3,(H,15,20)(H,17,18). The number of nitrogens with one attached hydrogen (secondary N) is 1. The maximum absolute atomic E-state index is 12.1. The van der Waals surface area contributed by atoms with Crippen LogP contribution in [0.25, 0.3) is 0 Å². The van der Waals surface area contributed by atoms with E-state index in [2.05, 4.69) is 5.32 Å². The third-order valence-electron chi connectivity index (χ3n) is 3.31. The Kier molecular flexibility index (Phi) is 3.74. The van der Waals surface area contributed by atoms with Crippen LogP contribution >= 0.6 is 0 Å². The van der Waals surface area contributed by atoms with Crippen LogP contribution in [0.1, 0.15) is 29.3 Å². The molecule has 6 nitrogen and oxygen atoms in total. The number of rotatable bonds is 4. The molecular formula is C14H16N2O4. The lowest BCUT2D eigenvalue weighted by atomic mass is 9.94. The quantitative estimate of drug-likeness (QED) is 0.823. The molecule has 0 radical (unpaired) electrons. The van der Waals surface area contributed by atoms with E-state index in [1.807, 2.05) is 0 Å². The summed E-state index contributed by atoms with van der Waals surface area (Å²) in [5, 5.41) is 11.4. The van der Waals surface area contributed by atoms with Crippen LogP contribution in [-0.4, -0.2) is 34.8 Å². The van der Waals surface area contributed by atoms with E-state index in [0.29, 0.717) is 17.8 Å². The van der Waals surface area contributed by atoms with Crippen molar-refractivity contribution in [3.05, 3.63) is 29.3 Å². The minimum absolute atomic E-state index is 0.184. The Morgan fingerprint density at radius 2 is 2.15 bits per heavy atom. The van der Waals surface area contributed by atoms with Crippen LogP contribution in [0, 0.1) is 5.92 Å². The number of Topliss-reactive ketones (excluding diaryl/α,β-unsaturated/α-hetero) is 1. The SMILES string of the molecule is CC(CC(=O)O)C(=O)c1ccc2c(c1)CN(C)C(=O)N2. The normalized spacial score (nSPS) is 15.3. The number of carboxylic acids is 1. The van der Waals surface area contributed by atoms with E-state index in [1.54, 1.807) is 32.2 Å². The average molecular weight is 276 g/mol. The number of ketones is 1. The summed E-state index contributed by atoms with van der Waals surface area (Å²) in [6, 6.07) is 4.83. The summed E-state index contributed by atoms with van der Waals surface area (Å²) in [5.74, 6) is -1.76. The molecule has 1 heterocycles. The van der Waals surface area contributed by atoms with Crippen molar-refractivity contribution >= 4 is 23.5 Å². The molecular weight excluding hydrogens is 260 g/mol. The summed E-state index contributed by atoms with van der Waals surface area (Å²) in [6.45, 7) is 2.03. The van der Waals surface area contributed by atoms with Gasteiger partial charge in [-0.3, -0.25) is 9.59 Å². The predicted molar refractivity (Wildman–Crippen MR) is 72.7 cm³/mol. The Hall–Kier alpha value is -2.37. The average Bonchev–Trinajstić information content (AvgIpc) is 2.38. The van der Waals surface area contributed by atoms with Gasteiger partial charge in [-0.1, -0.05) is 6.92 Å². The molecule has 1 unspecified atom stereocenters. The molecule has 1 aliphatic rings. The van der Waals surface area contributed by atoms with E-state index in [-0.39, 0.29) is 18.2 Å². The number of hydrogen-bond acceptors (Lipinski definition) is 3. The first kappa shape index (κ1) is 14.0. The van der Waals surface area contributed by atoms with Gasteiger partial charge in [-0.25, -0.2) is 4.79 Å². The summed E-state index contributed by atoms with van der Waals surface area (Å²) in [5.41, 5.74) is 2.01. The number of hydrogen-bond donors (Lipinski definition) is 2. The van der Waals surface area contributed by atoms with Crippen molar-refractivity contribution in [2.75, 3.05) is 12.4 Å². The molecule has 2 rings (SSSR count). The monoisotopic (exact) mass is 276 g/mol. The van der Waals surface area contributed by atoms with Crippen LogP contribution < -0.4 is 5.32 Å². The molecule has 1 aromatic carbocycles. The van der Waals surface area contributed by atoms with E-state index in [1.165, 1.54) is 4.90 Å². The minimum Gasteiger partial charge on any atom is -0.481 e. The Balaban J connectivity index is 2.23. The van der Waals surface area contributed by atoms with Crippen LogP contribution in [0.5, 0.6) is 0 Å². The first-order valence-corrected chi connectivity index (χ1v) is 6.29. The van der Waals surface area contributed by atoms with E-state index in [0.717, 1.165) is 5.56 Å². The van der Waals surface area contributed by atoms with Crippen LogP contribution in [0.4, 0.5) is 10.5 Å². The number of urea groups is 1. The lowest BCUT2D eigenvalue weighted by Crippen LogP contribution is -2.35.